The van der Waals surface area contributed by atoms with E-state index in [1.54, 1.807) is 39.9 Å². The van der Waals surface area contributed by atoms with Crippen molar-refractivity contribution in [2.45, 2.75) is 24.4 Å². The van der Waals surface area contributed by atoms with E-state index in [0.717, 1.165) is 31.4 Å². The highest BCUT2D eigenvalue weighted by molar-refractivity contribution is 7.98. The summed E-state index contributed by atoms with van der Waals surface area (Å²) in [6.45, 7) is 2.56. The van der Waals surface area contributed by atoms with Crippen molar-refractivity contribution >= 4 is 56.3 Å². The fraction of sp³-hybridized carbons (Fsp3) is 0.167. The van der Waals surface area contributed by atoms with E-state index in [-0.39, 0.29) is 5.56 Å². The van der Waals surface area contributed by atoms with Gasteiger partial charge in [-0.25, -0.2) is 9.97 Å². The maximum atomic E-state index is 13.1. The lowest BCUT2D eigenvalue weighted by Crippen LogP contribution is -2.22. The molecule has 0 bridgehead atoms. The Balaban J connectivity index is 1.74. The number of rotatable bonds is 5. The largest absolute Gasteiger partial charge is 0.287 e. The summed E-state index contributed by atoms with van der Waals surface area (Å²) < 4.78 is 1.75. The Hall–Kier alpha value is -1.67. The molecule has 132 valence electrons. The molecule has 0 fully saturated rings. The van der Waals surface area contributed by atoms with E-state index in [4.69, 9.17) is 16.6 Å². The summed E-state index contributed by atoms with van der Waals surface area (Å²) in [5.41, 5.74) is 2.05. The number of aromatic nitrogens is 3. The quantitative estimate of drug-likeness (QED) is 0.242. The molecule has 0 saturated carbocycles. The van der Waals surface area contributed by atoms with E-state index in [2.05, 4.69) is 4.98 Å². The van der Waals surface area contributed by atoms with Gasteiger partial charge in [0.05, 0.1) is 5.39 Å². The summed E-state index contributed by atoms with van der Waals surface area (Å²) >= 11 is 10.5. The average Bonchev–Trinajstić information content (AvgIpc) is 3.30. The molecule has 0 atom stereocenters. The number of halogens is 1. The van der Waals surface area contributed by atoms with Gasteiger partial charge in [0, 0.05) is 34.3 Å². The molecule has 0 aromatic carbocycles. The van der Waals surface area contributed by atoms with Crippen LogP contribution in [-0.2, 0) is 12.3 Å². The maximum Gasteiger partial charge on any atom is 0.263 e. The monoisotopic (exact) mass is 419 g/mol. The zero-order valence-electron chi connectivity index (χ0n) is 13.8. The zero-order chi connectivity index (χ0) is 18.1. The first-order valence-corrected chi connectivity index (χ1v) is 11.1. The maximum absolute atomic E-state index is 13.1. The number of fused-ring (bicyclic) bond motifs is 1. The van der Waals surface area contributed by atoms with Crippen LogP contribution in [0.15, 0.2) is 51.2 Å². The third kappa shape index (κ3) is 3.32. The number of hydrogen-bond acceptors (Lipinski definition) is 6. The van der Waals surface area contributed by atoms with E-state index < -0.39 is 0 Å². The summed E-state index contributed by atoms with van der Waals surface area (Å²) in [7, 11) is 0. The number of pyridine rings is 1. The SMILES string of the molecule is CCn1c(SCc2ccc(Cl)nc2)nc2scc(-c3cccs3)c2c1=O. The van der Waals surface area contributed by atoms with Crippen LogP contribution in [0.2, 0.25) is 5.15 Å². The second-order valence-electron chi connectivity index (χ2n) is 5.53. The number of nitrogens with zero attached hydrogens (tertiary/aromatic N) is 3. The molecule has 4 aromatic heterocycles. The van der Waals surface area contributed by atoms with Crippen LogP contribution in [-0.4, -0.2) is 14.5 Å². The first kappa shape index (κ1) is 17.7. The Bertz CT molecular complexity index is 1100. The van der Waals surface area contributed by atoms with Crippen molar-refractivity contribution in [1.82, 2.24) is 14.5 Å². The number of thioether (sulfide) groups is 1. The molecule has 4 heterocycles. The summed E-state index contributed by atoms with van der Waals surface area (Å²) in [5, 5.41) is 5.98. The van der Waals surface area contributed by atoms with Crippen molar-refractivity contribution in [1.29, 1.82) is 0 Å². The first-order valence-electron chi connectivity index (χ1n) is 7.96. The van der Waals surface area contributed by atoms with Gasteiger partial charge in [0.1, 0.15) is 9.98 Å². The predicted molar refractivity (Wildman–Crippen MR) is 112 cm³/mol. The summed E-state index contributed by atoms with van der Waals surface area (Å²) in [6, 6.07) is 7.75. The molecular formula is C18H14ClN3OS3. The van der Waals surface area contributed by atoms with Gasteiger partial charge < -0.3 is 0 Å². The lowest BCUT2D eigenvalue weighted by Gasteiger charge is -2.10. The Morgan fingerprint density at radius 2 is 2.15 bits per heavy atom. The van der Waals surface area contributed by atoms with Crippen molar-refractivity contribution in [2.75, 3.05) is 0 Å². The fourth-order valence-corrected chi connectivity index (χ4v) is 5.56. The van der Waals surface area contributed by atoms with E-state index in [9.17, 15) is 4.79 Å². The normalized spacial score (nSPS) is 11.3. The van der Waals surface area contributed by atoms with Crippen LogP contribution in [0.3, 0.4) is 0 Å². The first-order chi connectivity index (χ1) is 12.7. The number of thiophene rings is 2. The van der Waals surface area contributed by atoms with Gasteiger partial charge in [0.2, 0.25) is 0 Å². The summed E-state index contributed by atoms with van der Waals surface area (Å²) in [6.07, 6.45) is 1.75. The molecule has 0 N–H and O–H groups in total. The van der Waals surface area contributed by atoms with E-state index in [1.165, 1.54) is 11.3 Å². The Kier molecular flexibility index (Phi) is 5.13. The van der Waals surface area contributed by atoms with Crippen LogP contribution >= 0.6 is 46.0 Å². The molecule has 0 aliphatic carbocycles. The molecule has 0 unspecified atom stereocenters. The van der Waals surface area contributed by atoms with Crippen molar-refractivity contribution in [3.05, 3.63) is 62.3 Å². The molecule has 0 aliphatic rings. The van der Waals surface area contributed by atoms with Gasteiger partial charge in [-0.1, -0.05) is 35.5 Å². The van der Waals surface area contributed by atoms with Gasteiger partial charge in [-0.05, 0) is 30.0 Å². The van der Waals surface area contributed by atoms with Gasteiger partial charge >= 0.3 is 0 Å². The molecule has 4 rings (SSSR count). The molecule has 8 heteroatoms. The van der Waals surface area contributed by atoms with Gasteiger partial charge in [-0.15, -0.1) is 22.7 Å². The molecular weight excluding hydrogens is 406 g/mol. The highest BCUT2D eigenvalue weighted by Gasteiger charge is 2.17. The molecule has 0 spiro atoms. The Labute approximate surface area is 167 Å². The molecule has 0 radical (unpaired) electrons. The minimum atomic E-state index is 0.0267. The van der Waals surface area contributed by atoms with Crippen LogP contribution in [0.25, 0.3) is 20.7 Å². The Morgan fingerprint density at radius 3 is 2.85 bits per heavy atom. The summed E-state index contributed by atoms with van der Waals surface area (Å²) in [4.78, 5) is 23.9. The predicted octanol–water partition coefficient (Wildman–Crippen LogP) is 5.55. The van der Waals surface area contributed by atoms with Crippen LogP contribution in [0.4, 0.5) is 0 Å². The third-order valence-corrected chi connectivity index (χ3v) is 6.96. The van der Waals surface area contributed by atoms with E-state index in [1.807, 2.05) is 35.9 Å². The van der Waals surface area contributed by atoms with Crippen molar-refractivity contribution in [3.8, 4) is 10.4 Å². The van der Waals surface area contributed by atoms with Crippen LogP contribution in [0.5, 0.6) is 0 Å². The van der Waals surface area contributed by atoms with Gasteiger partial charge in [0.25, 0.3) is 5.56 Å². The average molecular weight is 420 g/mol. The van der Waals surface area contributed by atoms with Gasteiger partial charge in [-0.3, -0.25) is 9.36 Å². The molecule has 0 saturated heterocycles. The summed E-state index contributed by atoms with van der Waals surface area (Å²) in [5.74, 6) is 0.686. The topological polar surface area (TPSA) is 47.8 Å². The standard InChI is InChI=1S/C18H14ClN3OS3/c1-2-22-17(23)15-12(13-4-3-7-24-13)10-25-16(15)21-18(22)26-9-11-5-6-14(19)20-8-11/h3-8,10H,2,9H2,1H3. The van der Waals surface area contributed by atoms with Crippen molar-refractivity contribution in [3.63, 3.8) is 0 Å². The highest BCUT2D eigenvalue weighted by Crippen LogP contribution is 2.34. The third-order valence-electron chi connectivity index (χ3n) is 3.92. The van der Waals surface area contributed by atoms with Crippen LogP contribution < -0.4 is 5.56 Å². The van der Waals surface area contributed by atoms with Crippen LogP contribution in [0.1, 0.15) is 12.5 Å². The van der Waals surface area contributed by atoms with Crippen LogP contribution in [0, 0.1) is 0 Å². The minimum Gasteiger partial charge on any atom is -0.287 e. The van der Waals surface area contributed by atoms with Gasteiger partial charge in [0.15, 0.2) is 5.16 Å². The zero-order valence-corrected chi connectivity index (χ0v) is 17.0. The van der Waals surface area contributed by atoms with Crippen molar-refractivity contribution < 1.29 is 0 Å². The highest BCUT2D eigenvalue weighted by atomic mass is 35.5. The molecule has 0 aliphatic heterocycles. The van der Waals surface area contributed by atoms with E-state index in [0.29, 0.717) is 17.5 Å². The minimum absolute atomic E-state index is 0.0267. The smallest absolute Gasteiger partial charge is 0.263 e. The van der Waals surface area contributed by atoms with Crippen molar-refractivity contribution in [2.24, 2.45) is 0 Å². The second kappa shape index (κ2) is 7.52. The fourth-order valence-electron chi connectivity index (χ4n) is 2.65. The van der Waals surface area contributed by atoms with E-state index >= 15 is 0 Å². The molecule has 4 nitrogen and oxygen atoms in total. The lowest BCUT2D eigenvalue weighted by molar-refractivity contribution is 0.635. The second-order valence-corrected chi connectivity index (χ2v) is 8.66. The number of hydrogen-bond donors (Lipinski definition) is 0. The molecule has 4 aromatic rings. The molecule has 0 amide bonds. The Morgan fingerprint density at radius 1 is 1.27 bits per heavy atom. The molecule has 26 heavy (non-hydrogen) atoms. The van der Waals surface area contributed by atoms with Gasteiger partial charge in [-0.2, -0.15) is 0 Å². The lowest BCUT2D eigenvalue weighted by atomic mass is 10.2.